The molecule has 1 heterocycles. The number of hydrogen-bond donors (Lipinski definition) is 2. The van der Waals surface area contributed by atoms with Gasteiger partial charge in [-0.15, -0.1) is 11.3 Å². The van der Waals surface area contributed by atoms with E-state index >= 15 is 0 Å². The second kappa shape index (κ2) is 7.76. The first-order valence-electron chi connectivity index (χ1n) is 7.10. The summed E-state index contributed by atoms with van der Waals surface area (Å²) in [5.41, 5.74) is 10.3. The number of rotatable bonds is 6. The maximum absolute atomic E-state index is 12.0. The fourth-order valence-electron chi connectivity index (χ4n) is 1.94. The number of thioether (sulfide) groups is 1. The highest BCUT2D eigenvalue weighted by atomic mass is 32.2. The molecular formula is C16H21N3OS2. The first-order chi connectivity index (χ1) is 10.5. The molecule has 22 heavy (non-hydrogen) atoms. The van der Waals surface area contributed by atoms with Crippen molar-refractivity contribution >= 4 is 34.1 Å². The Bertz CT molecular complexity index is 655. The van der Waals surface area contributed by atoms with Gasteiger partial charge in [-0.3, -0.25) is 4.79 Å². The molecule has 0 fully saturated rings. The standard InChI is InChI=1S/C16H21N3OS2/c1-10-4-5-12(8-11(10)2)14-9-22-16(18-14)19-15(20)13(17)6-7-21-3/h4-5,8-9,13H,6-7,17H2,1-3H3,(H,18,19,20). The van der Waals surface area contributed by atoms with E-state index in [4.69, 9.17) is 5.73 Å². The lowest BCUT2D eigenvalue weighted by Crippen LogP contribution is -2.36. The molecule has 0 aliphatic carbocycles. The number of aromatic nitrogens is 1. The molecule has 2 aromatic rings. The third kappa shape index (κ3) is 4.32. The van der Waals surface area contributed by atoms with Crippen molar-refractivity contribution in [1.82, 2.24) is 4.98 Å². The monoisotopic (exact) mass is 335 g/mol. The number of thiazole rings is 1. The summed E-state index contributed by atoms with van der Waals surface area (Å²) in [5.74, 6) is 0.704. The van der Waals surface area contributed by atoms with E-state index in [0.717, 1.165) is 17.0 Å². The molecule has 0 aliphatic heterocycles. The zero-order valence-corrected chi connectivity index (χ0v) is 14.7. The van der Waals surface area contributed by atoms with Crippen LogP contribution in [0.4, 0.5) is 5.13 Å². The highest BCUT2D eigenvalue weighted by Crippen LogP contribution is 2.26. The first kappa shape index (κ1) is 17.0. The minimum absolute atomic E-state index is 0.171. The number of carbonyl (C=O) groups is 1. The molecule has 0 radical (unpaired) electrons. The predicted octanol–water partition coefficient (Wildman–Crippen LogP) is 3.45. The number of anilines is 1. The highest BCUT2D eigenvalue weighted by Gasteiger charge is 2.15. The molecule has 1 unspecified atom stereocenters. The van der Waals surface area contributed by atoms with Gasteiger partial charge in [0.1, 0.15) is 0 Å². The number of carbonyl (C=O) groups excluding carboxylic acids is 1. The molecule has 118 valence electrons. The molecular weight excluding hydrogens is 314 g/mol. The van der Waals surface area contributed by atoms with Gasteiger partial charge in [-0.25, -0.2) is 4.98 Å². The van der Waals surface area contributed by atoms with Crippen LogP contribution < -0.4 is 11.1 Å². The third-order valence-corrected chi connectivity index (χ3v) is 4.91. The van der Waals surface area contributed by atoms with Gasteiger partial charge in [-0.05, 0) is 49.5 Å². The van der Waals surface area contributed by atoms with Crippen LogP contribution in [-0.2, 0) is 4.79 Å². The lowest BCUT2D eigenvalue weighted by atomic mass is 10.1. The van der Waals surface area contributed by atoms with Gasteiger partial charge < -0.3 is 11.1 Å². The fraction of sp³-hybridized carbons (Fsp3) is 0.375. The molecule has 1 aromatic carbocycles. The van der Waals surface area contributed by atoms with Crippen molar-refractivity contribution in [3.05, 3.63) is 34.7 Å². The van der Waals surface area contributed by atoms with Crippen molar-refractivity contribution < 1.29 is 4.79 Å². The fourth-order valence-corrected chi connectivity index (χ4v) is 3.15. The zero-order chi connectivity index (χ0) is 16.1. The van der Waals surface area contributed by atoms with Crippen LogP contribution in [0.25, 0.3) is 11.3 Å². The lowest BCUT2D eigenvalue weighted by molar-refractivity contribution is -0.117. The van der Waals surface area contributed by atoms with Gasteiger partial charge in [-0.1, -0.05) is 12.1 Å². The van der Waals surface area contributed by atoms with Gasteiger partial charge in [0, 0.05) is 10.9 Å². The highest BCUT2D eigenvalue weighted by molar-refractivity contribution is 7.98. The number of amides is 1. The molecule has 3 N–H and O–H groups in total. The summed E-state index contributed by atoms with van der Waals surface area (Å²) in [6.45, 7) is 4.17. The van der Waals surface area contributed by atoms with E-state index in [-0.39, 0.29) is 5.91 Å². The molecule has 0 spiro atoms. The molecule has 1 aromatic heterocycles. The maximum atomic E-state index is 12.0. The molecule has 0 bridgehead atoms. The average Bonchev–Trinajstić information content (AvgIpc) is 2.96. The smallest absolute Gasteiger partial charge is 0.243 e. The second-order valence-corrected chi connectivity index (χ2v) is 7.06. The van der Waals surface area contributed by atoms with E-state index in [2.05, 4.69) is 36.3 Å². The van der Waals surface area contributed by atoms with Crippen LogP contribution in [0.2, 0.25) is 0 Å². The summed E-state index contributed by atoms with van der Waals surface area (Å²) >= 11 is 3.10. The number of aryl methyl sites for hydroxylation is 2. The van der Waals surface area contributed by atoms with Crippen molar-refractivity contribution in [2.75, 3.05) is 17.3 Å². The van der Waals surface area contributed by atoms with Gasteiger partial charge in [0.25, 0.3) is 0 Å². The minimum Gasteiger partial charge on any atom is -0.320 e. The van der Waals surface area contributed by atoms with Gasteiger partial charge in [0.05, 0.1) is 11.7 Å². The number of nitrogens with zero attached hydrogens (tertiary/aromatic N) is 1. The van der Waals surface area contributed by atoms with E-state index in [0.29, 0.717) is 11.6 Å². The molecule has 0 saturated carbocycles. The Morgan fingerprint density at radius 2 is 2.18 bits per heavy atom. The molecule has 4 nitrogen and oxygen atoms in total. The van der Waals surface area contributed by atoms with E-state index in [1.165, 1.54) is 22.5 Å². The number of benzene rings is 1. The Morgan fingerprint density at radius 1 is 1.41 bits per heavy atom. The van der Waals surface area contributed by atoms with Crippen LogP contribution in [0.15, 0.2) is 23.6 Å². The van der Waals surface area contributed by atoms with E-state index < -0.39 is 6.04 Å². The van der Waals surface area contributed by atoms with Gasteiger partial charge in [-0.2, -0.15) is 11.8 Å². The van der Waals surface area contributed by atoms with Crippen LogP contribution in [-0.4, -0.2) is 28.9 Å². The van der Waals surface area contributed by atoms with Crippen LogP contribution in [0.3, 0.4) is 0 Å². The van der Waals surface area contributed by atoms with Crippen molar-refractivity contribution in [3.63, 3.8) is 0 Å². The quantitative estimate of drug-likeness (QED) is 0.848. The molecule has 0 saturated heterocycles. The normalized spacial score (nSPS) is 12.2. The summed E-state index contributed by atoms with van der Waals surface area (Å²) in [6.07, 6.45) is 2.67. The summed E-state index contributed by atoms with van der Waals surface area (Å²) in [6, 6.07) is 5.76. The van der Waals surface area contributed by atoms with Gasteiger partial charge in [0.2, 0.25) is 5.91 Å². The average molecular weight is 335 g/mol. The van der Waals surface area contributed by atoms with Gasteiger partial charge >= 0.3 is 0 Å². The Labute approximate surface area is 139 Å². The lowest BCUT2D eigenvalue weighted by Gasteiger charge is -2.09. The van der Waals surface area contributed by atoms with Gasteiger partial charge in [0.15, 0.2) is 5.13 Å². The first-order valence-corrected chi connectivity index (χ1v) is 9.37. The van der Waals surface area contributed by atoms with Crippen molar-refractivity contribution in [1.29, 1.82) is 0 Å². The predicted molar refractivity (Wildman–Crippen MR) is 96.6 cm³/mol. The number of nitrogens with one attached hydrogen (secondary N) is 1. The van der Waals surface area contributed by atoms with E-state index in [9.17, 15) is 4.79 Å². The third-order valence-electron chi connectivity index (χ3n) is 3.51. The van der Waals surface area contributed by atoms with Crippen LogP contribution in [0.1, 0.15) is 17.5 Å². The SMILES string of the molecule is CSCCC(N)C(=O)Nc1nc(-c2ccc(C)c(C)c2)cs1. The Balaban J connectivity index is 2.05. The van der Waals surface area contributed by atoms with E-state index in [1.54, 1.807) is 11.8 Å². The molecule has 2 rings (SSSR count). The van der Waals surface area contributed by atoms with Crippen molar-refractivity contribution in [3.8, 4) is 11.3 Å². The van der Waals surface area contributed by atoms with Crippen LogP contribution >= 0.6 is 23.1 Å². The van der Waals surface area contributed by atoms with Crippen molar-refractivity contribution in [2.45, 2.75) is 26.3 Å². The Kier molecular flexibility index (Phi) is 5.99. The summed E-state index contributed by atoms with van der Waals surface area (Å²) in [5, 5.41) is 5.35. The summed E-state index contributed by atoms with van der Waals surface area (Å²) in [4.78, 5) is 16.5. The summed E-state index contributed by atoms with van der Waals surface area (Å²) < 4.78 is 0. The topological polar surface area (TPSA) is 68.0 Å². The van der Waals surface area contributed by atoms with Crippen molar-refractivity contribution in [2.24, 2.45) is 5.73 Å². The van der Waals surface area contributed by atoms with Crippen LogP contribution in [0, 0.1) is 13.8 Å². The summed E-state index contributed by atoms with van der Waals surface area (Å²) in [7, 11) is 0. The van der Waals surface area contributed by atoms with E-state index in [1.807, 2.05) is 17.7 Å². The molecule has 1 atom stereocenters. The Hall–Kier alpha value is -1.37. The zero-order valence-electron chi connectivity index (χ0n) is 13.1. The maximum Gasteiger partial charge on any atom is 0.243 e. The number of hydrogen-bond acceptors (Lipinski definition) is 5. The minimum atomic E-state index is -0.485. The Morgan fingerprint density at radius 3 is 2.86 bits per heavy atom. The molecule has 6 heteroatoms. The molecule has 1 amide bonds. The second-order valence-electron chi connectivity index (χ2n) is 5.21. The molecule has 0 aliphatic rings. The van der Waals surface area contributed by atoms with Crippen LogP contribution in [0.5, 0.6) is 0 Å². The number of nitrogens with two attached hydrogens (primary N) is 1. The largest absolute Gasteiger partial charge is 0.320 e.